The van der Waals surface area contributed by atoms with Crippen LogP contribution in [-0.4, -0.2) is 9.55 Å². The van der Waals surface area contributed by atoms with Gasteiger partial charge in [-0.25, -0.2) is 4.98 Å². The van der Waals surface area contributed by atoms with E-state index < -0.39 is 0 Å². The van der Waals surface area contributed by atoms with E-state index in [2.05, 4.69) is 50.5 Å². The summed E-state index contributed by atoms with van der Waals surface area (Å²) >= 11 is 6.29. The summed E-state index contributed by atoms with van der Waals surface area (Å²) in [4.78, 5) is 4.70. The van der Waals surface area contributed by atoms with Crippen LogP contribution in [0.25, 0.3) is 11.0 Å². The number of aromatic nitrogens is 2. The van der Waals surface area contributed by atoms with Crippen LogP contribution in [0.2, 0.25) is 0 Å². The molecule has 0 aliphatic heterocycles. The van der Waals surface area contributed by atoms with E-state index in [0.29, 0.717) is 5.41 Å². The number of imidazole rings is 1. The van der Waals surface area contributed by atoms with Crippen molar-refractivity contribution in [2.75, 3.05) is 0 Å². The number of rotatable bonds is 3. The summed E-state index contributed by atoms with van der Waals surface area (Å²) < 4.78 is 2.28. The summed E-state index contributed by atoms with van der Waals surface area (Å²) in [6, 6.07) is 6.43. The summed E-state index contributed by atoms with van der Waals surface area (Å²) in [6.45, 7) is 11.8. The average molecular weight is 279 g/mol. The third-order valence-corrected chi connectivity index (χ3v) is 3.57. The van der Waals surface area contributed by atoms with E-state index in [-0.39, 0.29) is 5.38 Å². The van der Waals surface area contributed by atoms with E-state index in [4.69, 9.17) is 16.6 Å². The monoisotopic (exact) mass is 278 g/mol. The van der Waals surface area contributed by atoms with Gasteiger partial charge in [0.1, 0.15) is 5.82 Å². The van der Waals surface area contributed by atoms with Gasteiger partial charge in [-0.05, 0) is 43.4 Å². The van der Waals surface area contributed by atoms with Crippen molar-refractivity contribution in [2.24, 2.45) is 5.41 Å². The van der Waals surface area contributed by atoms with Gasteiger partial charge in [0.05, 0.1) is 16.4 Å². The molecule has 0 amide bonds. The number of alkyl halides is 1. The minimum absolute atomic E-state index is 0.0623. The largest absolute Gasteiger partial charge is 0.327 e. The van der Waals surface area contributed by atoms with Gasteiger partial charge in [0.25, 0.3) is 0 Å². The first-order chi connectivity index (χ1) is 8.78. The molecule has 0 aliphatic carbocycles. The zero-order chi connectivity index (χ0) is 14.2. The van der Waals surface area contributed by atoms with Gasteiger partial charge < -0.3 is 4.57 Å². The Labute approximate surface area is 120 Å². The first-order valence-corrected chi connectivity index (χ1v) is 7.32. The molecule has 0 fully saturated rings. The molecule has 1 unspecified atom stereocenters. The second kappa shape index (κ2) is 5.16. The van der Waals surface area contributed by atoms with Gasteiger partial charge in [-0.15, -0.1) is 11.6 Å². The summed E-state index contributed by atoms with van der Waals surface area (Å²) in [5.41, 5.74) is 3.80. The predicted octanol–water partition coefficient (Wildman–Crippen LogP) is 5.08. The van der Waals surface area contributed by atoms with E-state index >= 15 is 0 Å². The first-order valence-electron chi connectivity index (χ1n) is 6.89. The highest BCUT2D eigenvalue weighted by Gasteiger charge is 2.17. The summed E-state index contributed by atoms with van der Waals surface area (Å²) in [6.07, 6.45) is 1.11. The molecule has 0 saturated heterocycles. The van der Waals surface area contributed by atoms with Crippen molar-refractivity contribution in [3.8, 4) is 0 Å². The van der Waals surface area contributed by atoms with Gasteiger partial charge in [-0.3, -0.25) is 0 Å². The van der Waals surface area contributed by atoms with Crippen molar-refractivity contribution in [1.29, 1.82) is 0 Å². The molecule has 2 rings (SSSR count). The lowest BCUT2D eigenvalue weighted by Crippen LogP contribution is -2.12. The second-order valence-corrected chi connectivity index (χ2v) is 7.20. The number of hydrogen-bond donors (Lipinski definition) is 0. The van der Waals surface area contributed by atoms with E-state index in [1.807, 2.05) is 6.92 Å². The van der Waals surface area contributed by atoms with Gasteiger partial charge in [0.2, 0.25) is 0 Å². The van der Waals surface area contributed by atoms with Crippen LogP contribution < -0.4 is 0 Å². The summed E-state index contributed by atoms with van der Waals surface area (Å²) in [5.74, 6) is 0.978. The van der Waals surface area contributed by atoms with Gasteiger partial charge in [0, 0.05) is 6.54 Å². The Morgan fingerprint density at radius 2 is 2.00 bits per heavy atom. The lowest BCUT2D eigenvalue weighted by atomic mass is 9.92. The number of aryl methyl sites for hydroxylation is 2. The molecule has 0 spiro atoms. The first kappa shape index (κ1) is 14.4. The highest BCUT2D eigenvalue weighted by Crippen LogP contribution is 2.28. The van der Waals surface area contributed by atoms with Crippen LogP contribution in [0.4, 0.5) is 0 Å². The third kappa shape index (κ3) is 3.30. The fourth-order valence-corrected chi connectivity index (χ4v) is 2.41. The molecule has 0 N–H and O–H groups in total. The standard InChI is InChI=1S/C16H23ClN2/c1-11-6-7-14-13(10-11)18-15(12(2)17)19(14)9-8-16(3,4)5/h6-7,10,12H,8-9H2,1-5H3. The molecule has 1 aromatic heterocycles. The molecular formula is C16H23ClN2. The van der Waals surface area contributed by atoms with E-state index in [0.717, 1.165) is 24.3 Å². The second-order valence-electron chi connectivity index (χ2n) is 6.54. The lowest BCUT2D eigenvalue weighted by molar-refractivity contribution is 0.350. The Morgan fingerprint density at radius 1 is 1.32 bits per heavy atom. The number of nitrogens with zero attached hydrogens (tertiary/aromatic N) is 2. The number of benzene rings is 1. The Kier molecular flexibility index (Phi) is 3.91. The molecule has 104 valence electrons. The fraction of sp³-hybridized carbons (Fsp3) is 0.562. The minimum Gasteiger partial charge on any atom is -0.327 e. The SMILES string of the molecule is Cc1ccc2c(c1)nc(C(C)Cl)n2CCC(C)(C)C. The molecule has 0 radical (unpaired) electrons. The van der Waals surface area contributed by atoms with Crippen molar-refractivity contribution in [3.63, 3.8) is 0 Å². The number of hydrogen-bond acceptors (Lipinski definition) is 1. The molecule has 1 atom stereocenters. The zero-order valence-corrected chi connectivity index (χ0v) is 13.3. The number of halogens is 1. The molecule has 19 heavy (non-hydrogen) atoms. The molecular weight excluding hydrogens is 256 g/mol. The predicted molar refractivity (Wildman–Crippen MR) is 82.8 cm³/mol. The van der Waals surface area contributed by atoms with Crippen LogP contribution in [0.5, 0.6) is 0 Å². The van der Waals surface area contributed by atoms with E-state index in [1.165, 1.54) is 11.1 Å². The molecule has 0 saturated carbocycles. The van der Waals surface area contributed by atoms with Crippen LogP contribution in [0, 0.1) is 12.3 Å². The van der Waals surface area contributed by atoms with Crippen LogP contribution in [0.15, 0.2) is 18.2 Å². The Hall–Kier alpha value is -1.02. The van der Waals surface area contributed by atoms with Crippen molar-refractivity contribution < 1.29 is 0 Å². The van der Waals surface area contributed by atoms with E-state index in [9.17, 15) is 0 Å². The molecule has 1 heterocycles. The maximum Gasteiger partial charge on any atom is 0.127 e. The van der Waals surface area contributed by atoms with Gasteiger partial charge in [0.15, 0.2) is 0 Å². The maximum absolute atomic E-state index is 6.29. The van der Waals surface area contributed by atoms with E-state index in [1.54, 1.807) is 0 Å². The maximum atomic E-state index is 6.29. The highest BCUT2D eigenvalue weighted by molar-refractivity contribution is 6.20. The van der Waals surface area contributed by atoms with Crippen molar-refractivity contribution in [1.82, 2.24) is 9.55 Å². The third-order valence-electron chi connectivity index (χ3n) is 3.37. The smallest absolute Gasteiger partial charge is 0.127 e. The molecule has 0 aliphatic rings. The van der Waals surface area contributed by atoms with Crippen molar-refractivity contribution >= 4 is 22.6 Å². The topological polar surface area (TPSA) is 17.8 Å². The quantitative estimate of drug-likeness (QED) is 0.716. The highest BCUT2D eigenvalue weighted by atomic mass is 35.5. The Morgan fingerprint density at radius 3 is 2.58 bits per heavy atom. The molecule has 0 bridgehead atoms. The van der Waals surface area contributed by atoms with Crippen LogP contribution in [-0.2, 0) is 6.54 Å². The molecule has 3 heteroatoms. The average Bonchev–Trinajstić information content (AvgIpc) is 2.63. The zero-order valence-electron chi connectivity index (χ0n) is 12.5. The molecule has 2 aromatic rings. The Balaban J connectivity index is 2.46. The van der Waals surface area contributed by atoms with Gasteiger partial charge >= 0.3 is 0 Å². The fourth-order valence-electron chi connectivity index (χ4n) is 2.24. The molecule has 1 aromatic carbocycles. The number of fused-ring (bicyclic) bond motifs is 1. The lowest BCUT2D eigenvalue weighted by Gasteiger charge is -2.20. The summed E-state index contributed by atoms with van der Waals surface area (Å²) in [5, 5.41) is -0.0623. The van der Waals surface area contributed by atoms with Crippen LogP contribution in [0.3, 0.4) is 0 Å². The van der Waals surface area contributed by atoms with Crippen LogP contribution >= 0.6 is 11.6 Å². The Bertz CT molecular complexity index is 576. The van der Waals surface area contributed by atoms with Crippen molar-refractivity contribution in [2.45, 2.75) is 53.0 Å². The van der Waals surface area contributed by atoms with Crippen molar-refractivity contribution in [3.05, 3.63) is 29.6 Å². The minimum atomic E-state index is -0.0623. The van der Waals surface area contributed by atoms with Crippen LogP contribution in [0.1, 0.15) is 50.9 Å². The normalized spacial score (nSPS) is 14.0. The summed E-state index contributed by atoms with van der Waals surface area (Å²) in [7, 11) is 0. The van der Waals surface area contributed by atoms with Gasteiger partial charge in [-0.1, -0.05) is 26.8 Å². The molecule has 2 nitrogen and oxygen atoms in total. The van der Waals surface area contributed by atoms with Gasteiger partial charge in [-0.2, -0.15) is 0 Å².